The van der Waals surface area contributed by atoms with Crippen LogP contribution in [0.4, 0.5) is 5.82 Å². The number of rotatable bonds is 4. The first-order valence-electron chi connectivity index (χ1n) is 7.50. The first kappa shape index (κ1) is 18.5. The molecule has 1 unspecified atom stereocenters. The molecular weight excluding hydrogens is 301 g/mol. The molecule has 1 aliphatic heterocycles. The molecule has 1 saturated carbocycles. The summed E-state index contributed by atoms with van der Waals surface area (Å²) in [6.45, 7) is 6.09. The maximum Gasteiger partial charge on any atom is 0.297 e. The van der Waals surface area contributed by atoms with Gasteiger partial charge in [0.2, 0.25) is 9.03 Å². The molecule has 1 N–H and O–H groups in total. The molecule has 1 aromatic heterocycles. The molecular formula is C15H24N3O3P. The van der Waals surface area contributed by atoms with E-state index < -0.39 is 9.03 Å². The number of anilines is 1. The van der Waals surface area contributed by atoms with Crippen molar-refractivity contribution < 1.29 is 14.2 Å². The summed E-state index contributed by atoms with van der Waals surface area (Å²) in [4.78, 5) is 27.4. The highest BCUT2D eigenvalue weighted by atomic mass is 31.1. The van der Waals surface area contributed by atoms with Crippen molar-refractivity contribution in [1.29, 1.82) is 0 Å². The predicted molar refractivity (Wildman–Crippen MR) is 89.7 cm³/mol. The molecule has 122 valence electrons. The summed E-state index contributed by atoms with van der Waals surface area (Å²) in [6.07, 6.45) is 12.0. The number of carbonyl (C=O) groups is 1. The van der Waals surface area contributed by atoms with Crippen LogP contribution in [-0.2, 0) is 9.32 Å². The summed E-state index contributed by atoms with van der Waals surface area (Å²) in [7, 11) is -0.710. The molecule has 2 aliphatic rings. The second kappa shape index (κ2) is 12.1. The van der Waals surface area contributed by atoms with E-state index in [9.17, 15) is 0 Å². The Morgan fingerprint density at radius 1 is 1.23 bits per heavy atom. The quantitative estimate of drug-likeness (QED) is 0.677. The average Bonchev–Trinajstić information content (AvgIpc) is 3.01. The average molecular weight is 325 g/mol. The molecule has 1 atom stereocenters. The zero-order valence-electron chi connectivity index (χ0n) is 12.8. The standard InChI is InChI=1S/C10H13N3.C4H8.CH3O3P/c1-2-9-11-6-5-10(12-9)13-7-3-4-8-13;1-2-4-3-1;2-1-4-5-3/h2,5-6H,1,3-4,7-8H2;1-4H2;1,3,5H. The Morgan fingerprint density at radius 2 is 1.86 bits per heavy atom. The molecule has 1 aromatic rings. The third kappa shape index (κ3) is 7.48. The highest BCUT2D eigenvalue weighted by molar-refractivity contribution is 7.25. The highest BCUT2D eigenvalue weighted by Crippen LogP contribution is 2.17. The van der Waals surface area contributed by atoms with Crippen LogP contribution in [0.15, 0.2) is 18.8 Å². The predicted octanol–water partition coefficient (Wildman–Crippen LogP) is 2.94. The fourth-order valence-electron chi connectivity index (χ4n) is 1.86. The monoisotopic (exact) mass is 325 g/mol. The molecule has 6 nitrogen and oxygen atoms in total. The molecule has 7 heteroatoms. The summed E-state index contributed by atoms with van der Waals surface area (Å²) in [5.74, 6) is 1.74. The van der Waals surface area contributed by atoms with Crippen LogP contribution in [-0.4, -0.2) is 34.4 Å². The van der Waals surface area contributed by atoms with Gasteiger partial charge in [-0.2, -0.15) is 0 Å². The second-order valence-corrected chi connectivity index (χ2v) is 5.31. The molecule has 1 aliphatic carbocycles. The van der Waals surface area contributed by atoms with E-state index in [1.807, 2.05) is 6.07 Å². The fourth-order valence-corrected chi connectivity index (χ4v) is 1.90. The maximum atomic E-state index is 9.03. The summed E-state index contributed by atoms with van der Waals surface area (Å²) < 4.78 is 3.74. The van der Waals surface area contributed by atoms with Gasteiger partial charge >= 0.3 is 0 Å². The van der Waals surface area contributed by atoms with Gasteiger partial charge in [0.05, 0.1) is 0 Å². The van der Waals surface area contributed by atoms with E-state index in [0.29, 0.717) is 5.82 Å². The summed E-state index contributed by atoms with van der Waals surface area (Å²) in [6, 6.07) is 1.96. The van der Waals surface area contributed by atoms with Gasteiger partial charge in [0.15, 0.2) is 5.82 Å². The van der Waals surface area contributed by atoms with Crippen LogP contribution in [0.2, 0.25) is 0 Å². The van der Waals surface area contributed by atoms with Crippen molar-refractivity contribution in [2.24, 2.45) is 0 Å². The van der Waals surface area contributed by atoms with Gasteiger partial charge in [0, 0.05) is 19.3 Å². The van der Waals surface area contributed by atoms with Gasteiger partial charge in [0.25, 0.3) is 6.47 Å². The SMILES string of the molecule is C1CCC1.C=Cc1nccc(N2CCCC2)n1.O=COPO. The van der Waals surface area contributed by atoms with Crippen molar-refractivity contribution >= 4 is 27.4 Å². The van der Waals surface area contributed by atoms with Gasteiger partial charge in [-0.25, -0.2) is 9.97 Å². The number of aromatic nitrogens is 2. The third-order valence-electron chi connectivity index (χ3n) is 3.37. The van der Waals surface area contributed by atoms with E-state index in [4.69, 9.17) is 9.69 Å². The van der Waals surface area contributed by atoms with E-state index in [1.54, 1.807) is 12.3 Å². The molecule has 0 radical (unpaired) electrons. The van der Waals surface area contributed by atoms with Gasteiger partial charge < -0.3 is 14.3 Å². The largest absolute Gasteiger partial charge is 0.422 e. The lowest BCUT2D eigenvalue weighted by Crippen LogP contribution is -2.19. The van der Waals surface area contributed by atoms with Crippen LogP contribution in [0.3, 0.4) is 0 Å². The first-order valence-corrected chi connectivity index (χ1v) is 8.36. The summed E-state index contributed by atoms with van der Waals surface area (Å²) >= 11 is 0. The molecule has 0 aromatic carbocycles. The molecule has 0 bridgehead atoms. The lowest BCUT2D eigenvalue weighted by Gasteiger charge is -2.15. The Morgan fingerprint density at radius 3 is 2.27 bits per heavy atom. The minimum Gasteiger partial charge on any atom is -0.422 e. The van der Waals surface area contributed by atoms with Crippen molar-refractivity contribution in [3.05, 3.63) is 24.7 Å². The van der Waals surface area contributed by atoms with Gasteiger partial charge in [-0.3, -0.25) is 4.79 Å². The topological polar surface area (TPSA) is 75.6 Å². The fraction of sp³-hybridized carbons (Fsp3) is 0.533. The van der Waals surface area contributed by atoms with Crippen molar-refractivity contribution in [3.63, 3.8) is 0 Å². The van der Waals surface area contributed by atoms with Crippen LogP contribution in [0.5, 0.6) is 0 Å². The molecule has 2 heterocycles. The van der Waals surface area contributed by atoms with E-state index in [0.717, 1.165) is 18.9 Å². The molecule has 1 saturated heterocycles. The Hall–Kier alpha value is -1.52. The third-order valence-corrected chi connectivity index (χ3v) is 3.57. The van der Waals surface area contributed by atoms with E-state index >= 15 is 0 Å². The molecule has 0 amide bonds. The molecule has 2 fully saturated rings. The van der Waals surface area contributed by atoms with Gasteiger partial charge in [-0.1, -0.05) is 32.3 Å². The van der Waals surface area contributed by atoms with E-state index in [2.05, 4.69) is 26.0 Å². The van der Waals surface area contributed by atoms with Crippen LogP contribution < -0.4 is 4.90 Å². The van der Waals surface area contributed by atoms with Gasteiger partial charge in [-0.05, 0) is 25.0 Å². The van der Waals surface area contributed by atoms with Crippen molar-refractivity contribution in [2.75, 3.05) is 18.0 Å². The number of carbonyl (C=O) groups excluding carboxylic acids is 1. The highest BCUT2D eigenvalue weighted by Gasteiger charge is 2.13. The number of nitrogens with zero attached hydrogens (tertiary/aromatic N) is 3. The molecule has 0 spiro atoms. The minimum atomic E-state index is -0.710. The number of hydrogen-bond donors (Lipinski definition) is 1. The Kier molecular flexibility index (Phi) is 10.2. The smallest absolute Gasteiger partial charge is 0.297 e. The normalized spacial score (nSPS) is 16.0. The van der Waals surface area contributed by atoms with Gasteiger partial charge in [0.1, 0.15) is 5.82 Å². The van der Waals surface area contributed by atoms with Gasteiger partial charge in [-0.15, -0.1) is 0 Å². The molecule has 22 heavy (non-hydrogen) atoms. The summed E-state index contributed by atoms with van der Waals surface area (Å²) in [5, 5.41) is 0. The Balaban J connectivity index is 0.000000221. The van der Waals surface area contributed by atoms with E-state index in [-0.39, 0.29) is 6.47 Å². The lowest BCUT2D eigenvalue weighted by atomic mass is 10.0. The Labute approximate surface area is 133 Å². The Bertz CT molecular complexity index is 432. The zero-order chi connectivity index (χ0) is 16.0. The van der Waals surface area contributed by atoms with Crippen molar-refractivity contribution in [1.82, 2.24) is 9.97 Å². The minimum absolute atomic E-state index is 0.193. The van der Waals surface area contributed by atoms with Crippen molar-refractivity contribution in [3.8, 4) is 0 Å². The van der Waals surface area contributed by atoms with Crippen LogP contribution in [0.25, 0.3) is 6.08 Å². The number of hydrogen-bond acceptors (Lipinski definition) is 6. The second-order valence-electron chi connectivity index (χ2n) is 4.89. The van der Waals surface area contributed by atoms with E-state index in [1.165, 1.54) is 38.5 Å². The van der Waals surface area contributed by atoms with Crippen LogP contribution >= 0.6 is 9.03 Å². The first-order chi connectivity index (χ1) is 10.8. The lowest BCUT2D eigenvalue weighted by molar-refractivity contribution is -0.120. The van der Waals surface area contributed by atoms with Crippen molar-refractivity contribution in [2.45, 2.75) is 38.5 Å². The molecule has 3 rings (SSSR count). The van der Waals surface area contributed by atoms with Crippen LogP contribution in [0.1, 0.15) is 44.3 Å². The van der Waals surface area contributed by atoms with Crippen LogP contribution in [0, 0.1) is 0 Å². The summed E-state index contributed by atoms with van der Waals surface area (Å²) in [5.41, 5.74) is 0. The maximum absolute atomic E-state index is 9.03. The zero-order valence-corrected chi connectivity index (χ0v) is 13.8.